The van der Waals surface area contributed by atoms with E-state index in [1.807, 2.05) is 0 Å². The summed E-state index contributed by atoms with van der Waals surface area (Å²) < 4.78 is 0. The standard InChI is InChI=1S/C42H78/c1-5-7-9-11-13-15-17-19-21-23-25-27-29-31-33-35-37-39-42(41(3)4)40-38-36-34-32-30-28-26-24-22-20-18-16-14-12-10-8-6-2/h5-8,33-36,41-42H,9-32,37-40H2,1-4H3/b7-5+,8-6+,35-33+,36-34+. The monoisotopic (exact) mass is 583 g/mol. The van der Waals surface area contributed by atoms with Gasteiger partial charge in [0.2, 0.25) is 0 Å². The highest BCUT2D eigenvalue weighted by Crippen LogP contribution is 2.23. The normalized spacial score (nSPS) is 12.6. The highest BCUT2D eigenvalue weighted by molar-refractivity contribution is 4.85. The summed E-state index contributed by atoms with van der Waals surface area (Å²) in [4.78, 5) is 0. The van der Waals surface area contributed by atoms with Gasteiger partial charge in [0, 0.05) is 0 Å². The van der Waals surface area contributed by atoms with Gasteiger partial charge in [0.05, 0.1) is 0 Å². The van der Waals surface area contributed by atoms with Crippen LogP contribution >= 0.6 is 0 Å². The van der Waals surface area contributed by atoms with Crippen LogP contribution in [0.3, 0.4) is 0 Å². The Bertz CT molecular complexity index is 554. The van der Waals surface area contributed by atoms with Gasteiger partial charge in [-0.05, 0) is 103 Å². The Kier molecular flexibility index (Phi) is 35.3. The molecule has 0 saturated heterocycles. The molecule has 0 aromatic heterocycles. The van der Waals surface area contributed by atoms with Crippen molar-refractivity contribution in [2.75, 3.05) is 0 Å². The average Bonchev–Trinajstić information content (AvgIpc) is 2.99. The second kappa shape index (κ2) is 36.2. The van der Waals surface area contributed by atoms with E-state index in [-0.39, 0.29) is 0 Å². The van der Waals surface area contributed by atoms with Crippen molar-refractivity contribution in [3.05, 3.63) is 48.6 Å². The quantitative estimate of drug-likeness (QED) is 0.0533. The minimum atomic E-state index is 0.809. The number of hydrogen-bond donors (Lipinski definition) is 0. The molecule has 0 fully saturated rings. The zero-order valence-electron chi connectivity index (χ0n) is 29.6. The number of hydrogen-bond acceptors (Lipinski definition) is 0. The number of unbranched alkanes of at least 4 members (excludes halogenated alkanes) is 22. The first-order valence-corrected chi connectivity index (χ1v) is 19.2. The lowest BCUT2D eigenvalue weighted by Gasteiger charge is -2.19. The summed E-state index contributed by atoms with van der Waals surface area (Å²) in [5.41, 5.74) is 0. The number of rotatable bonds is 33. The fourth-order valence-corrected chi connectivity index (χ4v) is 6.11. The summed E-state index contributed by atoms with van der Waals surface area (Å²) in [5.74, 6) is 1.68. The van der Waals surface area contributed by atoms with Gasteiger partial charge in [-0.1, -0.05) is 165 Å². The Morgan fingerprint density at radius 2 is 0.548 bits per heavy atom. The summed E-state index contributed by atoms with van der Waals surface area (Å²) in [6.07, 6.45) is 57.9. The SMILES string of the molecule is C/C=C/CCCCCCCCCCCC/C=C/CCC(CC/C=C/CCCCCCCCCCCC/C=C/C)C(C)C. The van der Waals surface area contributed by atoms with Crippen molar-refractivity contribution in [3.8, 4) is 0 Å². The molecule has 0 aromatic carbocycles. The van der Waals surface area contributed by atoms with Gasteiger partial charge in [-0.2, -0.15) is 0 Å². The van der Waals surface area contributed by atoms with Crippen molar-refractivity contribution >= 4 is 0 Å². The van der Waals surface area contributed by atoms with E-state index in [1.165, 1.54) is 180 Å². The zero-order valence-corrected chi connectivity index (χ0v) is 29.6. The van der Waals surface area contributed by atoms with E-state index >= 15 is 0 Å². The molecule has 0 amide bonds. The molecule has 0 unspecified atom stereocenters. The third-order valence-corrected chi connectivity index (χ3v) is 9.14. The fraction of sp³-hybridized carbons (Fsp3) is 0.810. The molecular formula is C42H78. The third kappa shape index (κ3) is 33.5. The van der Waals surface area contributed by atoms with Crippen molar-refractivity contribution in [2.24, 2.45) is 11.8 Å². The zero-order chi connectivity index (χ0) is 30.6. The Morgan fingerprint density at radius 3 is 0.810 bits per heavy atom. The molecule has 0 heteroatoms. The highest BCUT2D eigenvalue weighted by atomic mass is 14.2. The molecule has 246 valence electrons. The van der Waals surface area contributed by atoms with Crippen molar-refractivity contribution in [2.45, 2.75) is 207 Å². The van der Waals surface area contributed by atoms with Gasteiger partial charge >= 0.3 is 0 Å². The topological polar surface area (TPSA) is 0 Å². The van der Waals surface area contributed by atoms with Crippen LogP contribution in [0.1, 0.15) is 207 Å². The van der Waals surface area contributed by atoms with Crippen LogP contribution in [0.25, 0.3) is 0 Å². The Morgan fingerprint density at radius 1 is 0.310 bits per heavy atom. The van der Waals surface area contributed by atoms with Crippen molar-refractivity contribution in [3.63, 3.8) is 0 Å². The van der Waals surface area contributed by atoms with Gasteiger partial charge < -0.3 is 0 Å². The first kappa shape index (κ1) is 41.0. The Hall–Kier alpha value is -1.04. The summed E-state index contributed by atoms with van der Waals surface area (Å²) in [5, 5.41) is 0. The first-order valence-electron chi connectivity index (χ1n) is 19.2. The lowest BCUT2D eigenvalue weighted by Crippen LogP contribution is -2.08. The molecule has 0 aliphatic rings. The molecule has 0 rings (SSSR count). The highest BCUT2D eigenvalue weighted by Gasteiger charge is 2.11. The summed E-state index contributed by atoms with van der Waals surface area (Å²) >= 11 is 0. The third-order valence-electron chi connectivity index (χ3n) is 9.14. The lowest BCUT2D eigenvalue weighted by molar-refractivity contribution is 0.341. The molecule has 0 aliphatic carbocycles. The molecule has 0 aliphatic heterocycles. The van der Waals surface area contributed by atoms with Crippen molar-refractivity contribution in [1.82, 2.24) is 0 Å². The van der Waals surface area contributed by atoms with Crippen LogP contribution in [0.4, 0.5) is 0 Å². The van der Waals surface area contributed by atoms with Gasteiger partial charge in [0.15, 0.2) is 0 Å². The fourth-order valence-electron chi connectivity index (χ4n) is 6.11. The van der Waals surface area contributed by atoms with E-state index in [9.17, 15) is 0 Å². The van der Waals surface area contributed by atoms with Crippen LogP contribution in [0.15, 0.2) is 48.6 Å². The minimum absolute atomic E-state index is 0.809. The van der Waals surface area contributed by atoms with Gasteiger partial charge in [-0.15, -0.1) is 0 Å². The molecule has 0 atom stereocenters. The Labute approximate surface area is 267 Å². The summed E-state index contributed by atoms with van der Waals surface area (Å²) in [6, 6.07) is 0. The average molecular weight is 583 g/mol. The largest absolute Gasteiger partial charge is 0.0917 e. The molecule has 0 heterocycles. The van der Waals surface area contributed by atoms with E-state index in [1.54, 1.807) is 0 Å². The molecule has 0 bridgehead atoms. The van der Waals surface area contributed by atoms with Crippen LogP contribution in [0.2, 0.25) is 0 Å². The predicted octanol–water partition coefficient (Wildman–Crippen LogP) is 15.4. The van der Waals surface area contributed by atoms with E-state index in [4.69, 9.17) is 0 Å². The van der Waals surface area contributed by atoms with Crippen LogP contribution in [0.5, 0.6) is 0 Å². The van der Waals surface area contributed by atoms with Crippen LogP contribution in [-0.2, 0) is 0 Å². The maximum atomic E-state index is 2.48. The van der Waals surface area contributed by atoms with Crippen molar-refractivity contribution < 1.29 is 0 Å². The minimum Gasteiger partial charge on any atom is -0.0917 e. The van der Waals surface area contributed by atoms with Gasteiger partial charge in [-0.3, -0.25) is 0 Å². The molecule has 0 N–H and O–H groups in total. The predicted molar refractivity (Wildman–Crippen MR) is 196 cm³/mol. The molecule has 0 spiro atoms. The molecule has 0 saturated carbocycles. The first-order chi connectivity index (χ1) is 20.7. The van der Waals surface area contributed by atoms with Crippen LogP contribution in [0, 0.1) is 11.8 Å². The molecule has 0 aromatic rings. The van der Waals surface area contributed by atoms with Gasteiger partial charge in [-0.25, -0.2) is 0 Å². The van der Waals surface area contributed by atoms with Gasteiger partial charge in [0.1, 0.15) is 0 Å². The van der Waals surface area contributed by atoms with Crippen LogP contribution in [-0.4, -0.2) is 0 Å². The lowest BCUT2D eigenvalue weighted by atomic mass is 9.87. The molecule has 0 radical (unpaired) electrons. The maximum Gasteiger partial charge on any atom is -0.0348 e. The number of allylic oxidation sites excluding steroid dienone is 8. The van der Waals surface area contributed by atoms with Gasteiger partial charge in [0.25, 0.3) is 0 Å². The molecular weight excluding hydrogens is 504 g/mol. The summed E-state index contributed by atoms with van der Waals surface area (Å²) in [6.45, 7) is 9.10. The van der Waals surface area contributed by atoms with E-state index in [0.29, 0.717) is 0 Å². The van der Waals surface area contributed by atoms with E-state index < -0.39 is 0 Å². The second-order valence-electron chi connectivity index (χ2n) is 13.5. The van der Waals surface area contributed by atoms with E-state index in [0.717, 1.165) is 11.8 Å². The van der Waals surface area contributed by atoms with Crippen LogP contribution < -0.4 is 0 Å². The second-order valence-corrected chi connectivity index (χ2v) is 13.5. The molecule has 42 heavy (non-hydrogen) atoms. The smallest absolute Gasteiger partial charge is 0.0348 e. The Balaban J connectivity index is 3.52. The maximum absolute atomic E-state index is 2.48. The molecule has 0 nitrogen and oxygen atoms in total. The van der Waals surface area contributed by atoms with Crippen molar-refractivity contribution in [1.29, 1.82) is 0 Å². The van der Waals surface area contributed by atoms with E-state index in [2.05, 4.69) is 76.3 Å². The summed E-state index contributed by atoms with van der Waals surface area (Å²) in [7, 11) is 0.